The van der Waals surface area contributed by atoms with E-state index in [4.69, 9.17) is 9.47 Å². The summed E-state index contributed by atoms with van der Waals surface area (Å²) in [5.41, 5.74) is -0.291. The fourth-order valence-corrected chi connectivity index (χ4v) is 3.22. The van der Waals surface area contributed by atoms with E-state index in [0.717, 1.165) is 12.1 Å². The molecule has 0 radical (unpaired) electrons. The van der Waals surface area contributed by atoms with Gasteiger partial charge in [0.1, 0.15) is 0 Å². The van der Waals surface area contributed by atoms with Gasteiger partial charge in [-0.25, -0.2) is 0 Å². The third kappa shape index (κ3) is 4.50. The Hall–Kier alpha value is -3.49. The molecule has 1 aromatic heterocycles. The number of aryl methyl sites for hydroxylation is 1. The summed E-state index contributed by atoms with van der Waals surface area (Å²) in [6, 6.07) is 7.62. The van der Waals surface area contributed by atoms with Gasteiger partial charge in [0, 0.05) is 24.7 Å². The first kappa shape index (κ1) is 22.2. The third-order valence-corrected chi connectivity index (χ3v) is 4.91. The highest BCUT2D eigenvalue weighted by molar-refractivity contribution is 6.07. The maximum atomic E-state index is 12.9. The van der Waals surface area contributed by atoms with E-state index in [1.54, 1.807) is 13.0 Å². The number of methoxy groups -OCH3 is 2. The summed E-state index contributed by atoms with van der Waals surface area (Å²) in [7, 11) is 2.89. The number of carbonyl (C=O) groups is 1. The molecule has 0 aliphatic heterocycles. The van der Waals surface area contributed by atoms with Crippen LogP contribution in [-0.4, -0.2) is 24.7 Å². The molecule has 3 rings (SSSR count). The Balaban J connectivity index is 1.96. The molecule has 164 valence electrons. The van der Waals surface area contributed by atoms with Gasteiger partial charge in [-0.15, -0.1) is 0 Å². The summed E-state index contributed by atoms with van der Waals surface area (Å²) in [6.07, 6.45) is -2.96. The first-order valence-corrected chi connectivity index (χ1v) is 9.43. The van der Waals surface area contributed by atoms with E-state index < -0.39 is 17.6 Å². The van der Waals surface area contributed by atoms with Crippen LogP contribution in [0.2, 0.25) is 0 Å². The van der Waals surface area contributed by atoms with Gasteiger partial charge >= 0.3 is 6.18 Å². The summed E-state index contributed by atoms with van der Waals surface area (Å²) < 4.78 is 50.1. The largest absolute Gasteiger partial charge is 0.493 e. The molecule has 1 heterocycles. The number of aromatic nitrogens is 1. The number of amides is 1. The lowest BCUT2D eigenvalue weighted by atomic mass is 10.1. The number of nitrogens with zero attached hydrogens (tertiary/aromatic N) is 1. The van der Waals surface area contributed by atoms with Crippen LogP contribution < -0.4 is 20.3 Å². The Morgan fingerprint density at radius 3 is 2.13 bits per heavy atom. The number of halogens is 3. The zero-order valence-corrected chi connectivity index (χ0v) is 17.2. The normalized spacial score (nSPS) is 11.4. The molecule has 1 N–H and O–H groups in total. The van der Waals surface area contributed by atoms with Crippen molar-refractivity contribution in [3.05, 3.63) is 69.6 Å². The van der Waals surface area contributed by atoms with Crippen molar-refractivity contribution in [2.24, 2.45) is 0 Å². The van der Waals surface area contributed by atoms with Crippen LogP contribution in [-0.2, 0) is 19.3 Å². The number of fused-ring (bicyclic) bond motifs is 1. The number of rotatable bonds is 6. The van der Waals surface area contributed by atoms with Gasteiger partial charge in [0.05, 0.1) is 30.7 Å². The maximum absolute atomic E-state index is 12.9. The van der Waals surface area contributed by atoms with Crippen LogP contribution in [0.15, 0.2) is 47.4 Å². The molecule has 0 fully saturated rings. The minimum Gasteiger partial charge on any atom is -0.493 e. The van der Waals surface area contributed by atoms with Gasteiger partial charge in [0.2, 0.25) is 0 Å². The minimum absolute atomic E-state index is 0.0248. The van der Waals surface area contributed by atoms with Crippen molar-refractivity contribution >= 4 is 16.7 Å². The van der Waals surface area contributed by atoms with Gasteiger partial charge in [-0.1, -0.05) is 12.1 Å². The van der Waals surface area contributed by atoms with Crippen molar-refractivity contribution < 1.29 is 27.4 Å². The predicted molar refractivity (Wildman–Crippen MR) is 110 cm³/mol. The van der Waals surface area contributed by atoms with Crippen LogP contribution in [0, 0.1) is 0 Å². The summed E-state index contributed by atoms with van der Waals surface area (Å²) in [5.74, 6) is 0.247. The molecule has 9 heteroatoms. The standard InChI is InChI=1S/C22H21F3N2O4/c1-4-27-12-17(15-9-18(30-2)19(31-3)10-16(15)21(27)29)20(28)26-11-13-5-7-14(8-6-13)22(23,24)25/h5-10,12H,4,11H2,1-3H3,(H,26,28). The topological polar surface area (TPSA) is 69.6 Å². The van der Waals surface area contributed by atoms with Crippen molar-refractivity contribution in [3.8, 4) is 11.5 Å². The van der Waals surface area contributed by atoms with Gasteiger partial charge < -0.3 is 19.4 Å². The molecule has 0 bridgehead atoms. The number of ether oxygens (including phenoxy) is 2. The average molecular weight is 434 g/mol. The van der Waals surface area contributed by atoms with E-state index in [2.05, 4.69) is 5.32 Å². The Bertz CT molecular complexity index is 1170. The second-order valence-corrected chi connectivity index (χ2v) is 6.76. The summed E-state index contributed by atoms with van der Waals surface area (Å²) in [4.78, 5) is 25.7. The lowest BCUT2D eigenvalue weighted by Crippen LogP contribution is -2.27. The van der Waals surface area contributed by atoms with Crippen LogP contribution in [0.1, 0.15) is 28.4 Å². The monoisotopic (exact) mass is 434 g/mol. The van der Waals surface area contributed by atoms with E-state index >= 15 is 0 Å². The summed E-state index contributed by atoms with van der Waals surface area (Å²) in [5, 5.41) is 3.37. The van der Waals surface area contributed by atoms with Crippen molar-refractivity contribution in [2.45, 2.75) is 26.2 Å². The molecule has 6 nitrogen and oxygen atoms in total. The molecule has 0 saturated heterocycles. The quantitative estimate of drug-likeness (QED) is 0.637. The smallest absolute Gasteiger partial charge is 0.416 e. The highest BCUT2D eigenvalue weighted by Crippen LogP contribution is 2.32. The molecule has 31 heavy (non-hydrogen) atoms. The second kappa shape index (κ2) is 8.71. The molecular formula is C22H21F3N2O4. The van der Waals surface area contributed by atoms with Crippen molar-refractivity contribution in [1.29, 1.82) is 0 Å². The second-order valence-electron chi connectivity index (χ2n) is 6.76. The van der Waals surface area contributed by atoms with E-state index in [0.29, 0.717) is 34.4 Å². The summed E-state index contributed by atoms with van der Waals surface area (Å²) >= 11 is 0. The number of hydrogen-bond acceptors (Lipinski definition) is 4. The Labute approximate surface area is 176 Å². The van der Waals surface area contributed by atoms with Gasteiger partial charge in [0.15, 0.2) is 11.5 Å². The van der Waals surface area contributed by atoms with Gasteiger partial charge in [-0.2, -0.15) is 13.2 Å². The number of pyridine rings is 1. The van der Waals surface area contributed by atoms with Crippen molar-refractivity contribution in [2.75, 3.05) is 14.2 Å². The first-order valence-electron chi connectivity index (χ1n) is 9.43. The molecule has 0 aliphatic rings. The molecule has 0 aliphatic carbocycles. The van der Waals surface area contributed by atoms with E-state index in [9.17, 15) is 22.8 Å². The highest BCUT2D eigenvalue weighted by atomic mass is 19.4. The van der Waals surface area contributed by atoms with Gasteiger partial charge in [0.25, 0.3) is 11.5 Å². The van der Waals surface area contributed by atoms with Crippen LogP contribution in [0.5, 0.6) is 11.5 Å². The lowest BCUT2D eigenvalue weighted by molar-refractivity contribution is -0.137. The minimum atomic E-state index is -4.42. The molecule has 0 atom stereocenters. The molecule has 3 aromatic rings. The van der Waals surface area contributed by atoms with Crippen LogP contribution in [0.25, 0.3) is 10.8 Å². The number of hydrogen-bond donors (Lipinski definition) is 1. The Morgan fingerprint density at radius 2 is 1.61 bits per heavy atom. The van der Waals surface area contributed by atoms with Crippen molar-refractivity contribution in [1.82, 2.24) is 9.88 Å². The van der Waals surface area contributed by atoms with Gasteiger partial charge in [-0.3, -0.25) is 9.59 Å². The van der Waals surface area contributed by atoms with Crippen LogP contribution >= 0.6 is 0 Å². The van der Waals surface area contributed by atoms with Crippen LogP contribution in [0.4, 0.5) is 13.2 Å². The number of nitrogens with one attached hydrogen (secondary N) is 1. The molecular weight excluding hydrogens is 413 g/mol. The van der Waals surface area contributed by atoms with Crippen molar-refractivity contribution in [3.63, 3.8) is 0 Å². The average Bonchev–Trinajstić information content (AvgIpc) is 2.76. The number of alkyl halides is 3. The lowest BCUT2D eigenvalue weighted by Gasteiger charge is -2.14. The number of carbonyl (C=O) groups excluding carboxylic acids is 1. The Kier molecular flexibility index (Phi) is 6.24. The van der Waals surface area contributed by atoms with E-state index in [-0.39, 0.29) is 17.7 Å². The fourth-order valence-electron chi connectivity index (χ4n) is 3.22. The summed E-state index contributed by atoms with van der Waals surface area (Å²) in [6.45, 7) is 2.15. The molecule has 0 spiro atoms. The molecule has 0 unspecified atom stereocenters. The van der Waals surface area contributed by atoms with E-state index in [1.807, 2.05) is 0 Å². The zero-order chi connectivity index (χ0) is 22.8. The highest BCUT2D eigenvalue weighted by Gasteiger charge is 2.29. The maximum Gasteiger partial charge on any atom is 0.416 e. The fraction of sp³-hybridized carbons (Fsp3) is 0.273. The SMILES string of the molecule is CCn1cc(C(=O)NCc2ccc(C(F)(F)F)cc2)c2cc(OC)c(OC)cc2c1=O. The van der Waals surface area contributed by atoms with Crippen LogP contribution in [0.3, 0.4) is 0 Å². The van der Waals surface area contributed by atoms with E-state index in [1.165, 1.54) is 43.2 Å². The first-order chi connectivity index (χ1) is 14.7. The number of benzene rings is 2. The molecule has 1 amide bonds. The Morgan fingerprint density at radius 1 is 1.03 bits per heavy atom. The molecule has 2 aromatic carbocycles. The predicted octanol–water partition coefficient (Wildman–Crippen LogP) is 3.99. The molecule has 0 saturated carbocycles. The zero-order valence-electron chi connectivity index (χ0n) is 17.2. The third-order valence-electron chi connectivity index (χ3n) is 4.91. The van der Waals surface area contributed by atoms with Gasteiger partial charge in [-0.05, 0) is 36.8 Å².